The van der Waals surface area contributed by atoms with Gasteiger partial charge in [0.1, 0.15) is 23.1 Å². The van der Waals surface area contributed by atoms with Crippen LogP contribution in [0, 0.1) is 6.92 Å². The van der Waals surface area contributed by atoms with E-state index in [1.807, 2.05) is 0 Å². The van der Waals surface area contributed by atoms with Crippen LogP contribution in [0.5, 0.6) is 5.75 Å². The van der Waals surface area contributed by atoms with Crippen LogP contribution < -0.4 is 4.90 Å². The van der Waals surface area contributed by atoms with E-state index < -0.39 is 23.5 Å². The lowest BCUT2D eigenvalue weighted by molar-refractivity contribution is -0.117. The lowest BCUT2D eigenvalue weighted by Gasteiger charge is -2.24. The van der Waals surface area contributed by atoms with Gasteiger partial charge in [0, 0.05) is 10.6 Å². The second-order valence-electron chi connectivity index (χ2n) is 6.00. The summed E-state index contributed by atoms with van der Waals surface area (Å²) in [6.07, 6.45) is 0. The predicted octanol–water partition coefficient (Wildman–Crippen LogP) is 3.58. The number of phenols is 1. The minimum absolute atomic E-state index is 0.0440. The molecule has 10 heteroatoms. The Bertz CT molecular complexity index is 1120. The number of aliphatic hydroxyl groups is 1. The highest BCUT2D eigenvalue weighted by Gasteiger charge is 2.47. The average Bonchev–Trinajstić information content (AvgIpc) is 3.38. The third-order valence-electron chi connectivity index (χ3n) is 4.26. The van der Waals surface area contributed by atoms with Gasteiger partial charge in [0.15, 0.2) is 11.5 Å². The molecule has 3 heterocycles. The van der Waals surface area contributed by atoms with Crippen molar-refractivity contribution in [2.45, 2.75) is 13.0 Å². The molecular weight excluding hydrogens is 406 g/mol. The SMILES string of the molecule is Cc1ccc(C(=O)C2=C(O)C(=O)N(c3nncs3)C2c2cc(Cl)ccc2O)o1. The van der Waals surface area contributed by atoms with E-state index in [9.17, 15) is 19.8 Å². The van der Waals surface area contributed by atoms with Crippen molar-refractivity contribution in [3.8, 4) is 5.75 Å². The smallest absolute Gasteiger partial charge is 0.296 e. The van der Waals surface area contributed by atoms with Gasteiger partial charge in [-0.25, -0.2) is 0 Å². The van der Waals surface area contributed by atoms with Gasteiger partial charge in [0.25, 0.3) is 5.91 Å². The van der Waals surface area contributed by atoms with Gasteiger partial charge in [0.05, 0.1) is 5.57 Å². The molecule has 1 aliphatic rings. The number of anilines is 1. The third kappa shape index (κ3) is 2.85. The standard InChI is InChI=1S/C18H12ClN3O5S/c1-8-2-5-12(27-8)15(24)13-14(10-6-9(19)3-4-11(10)23)22(17(26)16(13)25)18-21-20-7-28-18/h2-7,14,23,25H,1H3. The Morgan fingerprint density at radius 3 is 2.71 bits per heavy atom. The molecule has 1 amide bonds. The fourth-order valence-electron chi connectivity index (χ4n) is 3.03. The normalized spacial score (nSPS) is 16.9. The average molecular weight is 418 g/mol. The summed E-state index contributed by atoms with van der Waals surface area (Å²) in [7, 11) is 0. The number of benzene rings is 1. The molecular formula is C18H12ClN3O5S. The van der Waals surface area contributed by atoms with E-state index in [1.165, 1.54) is 29.8 Å². The first-order valence-electron chi connectivity index (χ1n) is 8.01. The molecule has 28 heavy (non-hydrogen) atoms. The first-order valence-corrected chi connectivity index (χ1v) is 9.26. The molecule has 1 unspecified atom stereocenters. The molecule has 0 bridgehead atoms. The summed E-state index contributed by atoms with van der Waals surface area (Å²) in [5.74, 6) is -2.03. The highest BCUT2D eigenvalue weighted by molar-refractivity contribution is 7.13. The van der Waals surface area contributed by atoms with Gasteiger partial charge >= 0.3 is 0 Å². The maximum absolute atomic E-state index is 13.1. The van der Waals surface area contributed by atoms with Crippen LogP contribution >= 0.6 is 22.9 Å². The molecule has 142 valence electrons. The summed E-state index contributed by atoms with van der Waals surface area (Å²) >= 11 is 7.11. The first-order chi connectivity index (χ1) is 13.4. The minimum atomic E-state index is -1.16. The number of aromatic nitrogens is 2. The van der Waals surface area contributed by atoms with E-state index in [1.54, 1.807) is 13.0 Å². The van der Waals surface area contributed by atoms with Crippen LogP contribution in [0.2, 0.25) is 5.02 Å². The number of hydrogen-bond donors (Lipinski definition) is 2. The number of halogens is 1. The van der Waals surface area contributed by atoms with Crippen molar-refractivity contribution in [1.29, 1.82) is 0 Å². The number of carbonyl (C=O) groups is 2. The van der Waals surface area contributed by atoms with Crippen molar-refractivity contribution in [3.05, 3.63) is 69.3 Å². The highest BCUT2D eigenvalue weighted by atomic mass is 35.5. The number of aromatic hydroxyl groups is 1. The molecule has 0 radical (unpaired) electrons. The Morgan fingerprint density at radius 2 is 2.07 bits per heavy atom. The molecule has 8 nitrogen and oxygen atoms in total. The number of aryl methyl sites for hydroxylation is 1. The molecule has 1 aromatic carbocycles. The Kier molecular flexibility index (Phi) is 4.40. The monoisotopic (exact) mass is 417 g/mol. The first kappa shape index (κ1) is 18.2. The largest absolute Gasteiger partial charge is 0.508 e. The van der Waals surface area contributed by atoms with Crippen molar-refractivity contribution in [1.82, 2.24) is 10.2 Å². The number of furan rings is 1. The van der Waals surface area contributed by atoms with Crippen molar-refractivity contribution in [2.24, 2.45) is 0 Å². The van der Waals surface area contributed by atoms with E-state index in [0.717, 1.165) is 16.2 Å². The minimum Gasteiger partial charge on any atom is -0.508 e. The van der Waals surface area contributed by atoms with Gasteiger partial charge < -0.3 is 14.6 Å². The van der Waals surface area contributed by atoms with Crippen LogP contribution in [-0.4, -0.2) is 32.1 Å². The van der Waals surface area contributed by atoms with Crippen LogP contribution in [0.15, 0.2) is 51.6 Å². The Morgan fingerprint density at radius 1 is 1.29 bits per heavy atom. The van der Waals surface area contributed by atoms with Gasteiger partial charge in [-0.1, -0.05) is 22.9 Å². The molecule has 2 aromatic heterocycles. The molecule has 1 aliphatic heterocycles. The summed E-state index contributed by atoms with van der Waals surface area (Å²) in [6, 6.07) is 6.11. The molecule has 4 rings (SSSR count). The maximum atomic E-state index is 13.1. The van der Waals surface area contributed by atoms with Gasteiger partial charge in [0.2, 0.25) is 10.9 Å². The summed E-state index contributed by atoms with van der Waals surface area (Å²) in [4.78, 5) is 27.0. The quantitative estimate of drug-likeness (QED) is 0.623. The van der Waals surface area contributed by atoms with Crippen LogP contribution in [0.3, 0.4) is 0 Å². The molecule has 0 aliphatic carbocycles. The number of rotatable bonds is 4. The number of carbonyl (C=O) groups excluding carboxylic acids is 2. The third-order valence-corrected chi connectivity index (χ3v) is 5.18. The van der Waals surface area contributed by atoms with Crippen molar-refractivity contribution in [2.75, 3.05) is 4.90 Å². The van der Waals surface area contributed by atoms with Crippen molar-refractivity contribution in [3.63, 3.8) is 0 Å². The fraction of sp³-hybridized carbons (Fsp3) is 0.111. The number of nitrogens with zero attached hydrogens (tertiary/aromatic N) is 3. The summed E-state index contributed by atoms with van der Waals surface area (Å²) in [5.41, 5.74) is 1.32. The zero-order valence-corrected chi connectivity index (χ0v) is 15.9. The summed E-state index contributed by atoms with van der Waals surface area (Å²) in [6.45, 7) is 1.67. The van der Waals surface area contributed by atoms with Crippen LogP contribution in [0.25, 0.3) is 0 Å². The maximum Gasteiger partial charge on any atom is 0.296 e. The Labute approximate surface area is 167 Å². The predicted molar refractivity (Wildman–Crippen MR) is 101 cm³/mol. The number of ketones is 1. The highest BCUT2D eigenvalue weighted by Crippen LogP contribution is 2.45. The summed E-state index contributed by atoms with van der Waals surface area (Å²) < 4.78 is 5.37. The lowest BCUT2D eigenvalue weighted by Crippen LogP contribution is -2.31. The number of Topliss-reactive ketones (excluding diaryl/α,β-unsaturated/α-hetero) is 1. The van der Waals surface area contributed by atoms with Crippen molar-refractivity contribution < 1.29 is 24.2 Å². The number of hydrogen-bond acceptors (Lipinski definition) is 8. The molecule has 0 fully saturated rings. The molecule has 2 N–H and O–H groups in total. The molecule has 1 atom stereocenters. The fourth-order valence-corrected chi connectivity index (χ4v) is 3.80. The van der Waals surface area contributed by atoms with Gasteiger partial charge in [-0.2, -0.15) is 0 Å². The number of aliphatic hydroxyl groups excluding tert-OH is 1. The Balaban J connectivity index is 1.92. The second kappa shape index (κ2) is 6.77. The van der Waals surface area contributed by atoms with Crippen LogP contribution in [-0.2, 0) is 4.79 Å². The lowest BCUT2D eigenvalue weighted by atomic mass is 9.94. The van der Waals surface area contributed by atoms with E-state index in [-0.39, 0.29) is 32.8 Å². The van der Waals surface area contributed by atoms with E-state index in [0.29, 0.717) is 5.76 Å². The molecule has 0 spiro atoms. The summed E-state index contributed by atoms with van der Waals surface area (Å²) in [5, 5.41) is 28.9. The zero-order chi connectivity index (χ0) is 20.0. The van der Waals surface area contributed by atoms with Gasteiger partial charge in [-0.05, 0) is 37.3 Å². The molecule has 3 aromatic rings. The van der Waals surface area contributed by atoms with Gasteiger partial charge in [-0.15, -0.1) is 10.2 Å². The number of amides is 1. The zero-order valence-electron chi connectivity index (χ0n) is 14.3. The van der Waals surface area contributed by atoms with E-state index >= 15 is 0 Å². The van der Waals surface area contributed by atoms with Crippen LogP contribution in [0.1, 0.15) is 27.9 Å². The molecule has 0 saturated carbocycles. The van der Waals surface area contributed by atoms with Crippen LogP contribution in [0.4, 0.5) is 5.13 Å². The van der Waals surface area contributed by atoms with Gasteiger partial charge in [-0.3, -0.25) is 14.5 Å². The molecule has 0 saturated heterocycles. The number of phenolic OH excluding ortho intramolecular Hbond substituents is 1. The topological polar surface area (TPSA) is 117 Å². The second-order valence-corrected chi connectivity index (χ2v) is 7.25. The van der Waals surface area contributed by atoms with E-state index in [4.69, 9.17) is 16.0 Å². The Hall–Kier alpha value is -3.17. The van der Waals surface area contributed by atoms with Crippen molar-refractivity contribution >= 4 is 39.8 Å². The van der Waals surface area contributed by atoms with E-state index in [2.05, 4.69) is 10.2 Å².